The minimum atomic E-state index is -0.802. The third-order valence-corrected chi connectivity index (χ3v) is 12.5. The average molecular weight is 950 g/mol. The van der Waals surface area contributed by atoms with E-state index in [1.807, 2.05) is 6.08 Å². The highest BCUT2D eigenvalue weighted by Crippen LogP contribution is 2.16. The first-order valence-corrected chi connectivity index (χ1v) is 28.9. The van der Waals surface area contributed by atoms with Gasteiger partial charge in [0.2, 0.25) is 0 Å². The Bertz CT molecular complexity index is 1270. The van der Waals surface area contributed by atoms with Gasteiger partial charge in [-0.15, -0.1) is 0 Å². The first-order chi connectivity index (χ1) is 33.5. The molecule has 0 spiro atoms. The molecule has 6 nitrogen and oxygen atoms in total. The summed E-state index contributed by atoms with van der Waals surface area (Å²) in [5, 5.41) is 0. The zero-order valence-corrected chi connectivity index (χ0v) is 44.9. The highest BCUT2D eigenvalue weighted by Gasteiger charge is 2.19. The van der Waals surface area contributed by atoms with Gasteiger partial charge in [0.1, 0.15) is 13.2 Å². The summed E-state index contributed by atoms with van der Waals surface area (Å²) < 4.78 is 16.8. The second-order valence-corrected chi connectivity index (χ2v) is 19.2. The van der Waals surface area contributed by atoms with Gasteiger partial charge in [0.25, 0.3) is 0 Å². The van der Waals surface area contributed by atoms with Crippen LogP contribution in [-0.4, -0.2) is 37.2 Å². The molecule has 0 aromatic rings. The molecule has 0 saturated heterocycles. The zero-order chi connectivity index (χ0) is 49.3. The molecule has 0 aromatic carbocycles. The molecule has 0 fully saturated rings. The Morgan fingerprint density at radius 1 is 0.309 bits per heavy atom. The van der Waals surface area contributed by atoms with Gasteiger partial charge in [0, 0.05) is 19.3 Å². The molecule has 0 bridgehead atoms. The number of ether oxygens (including phenoxy) is 3. The fraction of sp³-hybridized carbons (Fsp3) is 0.758. The Balaban J connectivity index is 4.43. The van der Waals surface area contributed by atoms with Gasteiger partial charge in [-0.2, -0.15) is 0 Å². The number of unbranched alkanes of at least 4 members (excludes halogenated alkanes) is 29. The number of carbonyl (C=O) groups excluding carboxylic acids is 3. The fourth-order valence-electron chi connectivity index (χ4n) is 8.18. The van der Waals surface area contributed by atoms with Crippen molar-refractivity contribution in [3.63, 3.8) is 0 Å². The van der Waals surface area contributed by atoms with E-state index in [0.717, 1.165) is 77.0 Å². The molecule has 392 valence electrons. The average Bonchev–Trinajstić information content (AvgIpc) is 3.34. The summed E-state index contributed by atoms with van der Waals surface area (Å²) >= 11 is 0. The molecule has 0 heterocycles. The minimum Gasteiger partial charge on any atom is -0.462 e. The maximum atomic E-state index is 12.9. The van der Waals surface area contributed by atoms with E-state index in [9.17, 15) is 14.4 Å². The number of hydrogen-bond donors (Lipinski definition) is 0. The van der Waals surface area contributed by atoms with Gasteiger partial charge < -0.3 is 14.2 Å². The SMILES string of the molecule is CC/C=C\C/C=C\C/C=C\C/C=C\C/C=C\C/C=C\CCC(=O)OCC(COC(=O)CCCCCCCCCCCCCC)OC(=O)CCCCCCCCCCCCCCCCCCCCC. The van der Waals surface area contributed by atoms with Gasteiger partial charge in [-0.05, 0) is 57.8 Å². The van der Waals surface area contributed by atoms with Gasteiger partial charge in [0.15, 0.2) is 6.10 Å². The maximum Gasteiger partial charge on any atom is 0.306 e. The van der Waals surface area contributed by atoms with E-state index in [-0.39, 0.29) is 37.5 Å². The predicted octanol–water partition coefficient (Wildman–Crippen LogP) is 19.4. The summed E-state index contributed by atoms with van der Waals surface area (Å²) in [6, 6.07) is 0. The largest absolute Gasteiger partial charge is 0.462 e. The van der Waals surface area contributed by atoms with Gasteiger partial charge in [0.05, 0.1) is 0 Å². The molecule has 0 aliphatic rings. The standard InChI is InChI=1S/C62H108O6/c1-4-7-10-13-16-19-22-25-27-29-31-33-35-37-40-43-46-49-52-55-61(64)67-58-59(57-66-60(63)54-51-48-45-42-39-24-21-18-15-12-9-6-3)68-62(65)56-53-50-47-44-41-38-36-34-32-30-28-26-23-20-17-14-11-8-5-2/h7,10,16,19,25,27,31,33,37,40,46,49,59H,4-6,8-9,11-15,17-18,20-24,26,28-30,32,34-36,38-39,41-45,47-48,50-58H2,1-3H3/b10-7-,19-16-,27-25-,33-31-,40-37-,49-46-. The summed E-state index contributed by atoms with van der Waals surface area (Å²) in [6.07, 6.45) is 71.9. The number of carbonyl (C=O) groups is 3. The smallest absolute Gasteiger partial charge is 0.306 e. The van der Waals surface area contributed by atoms with Crippen LogP contribution in [0.15, 0.2) is 72.9 Å². The molecule has 1 unspecified atom stereocenters. The van der Waals surface area contributed by atoms with Crippen LogP contribution in [0, 0.1) is 0 Å². The van der Waals surface area contributed by atoms with Crippen LogP contribution in [0.4, 0.5) is 0 Å². The van der Waals surface area contributed by atoms with Crippen molar-refractivity contribution in [2.45, 2.75) is 290 Å². The molecule has 6 heteroatoms. The first kappa shape index (κ1) is 64.8. The number of hydrogen-bond acceptors (Lipinski definition) is 6. The van der Waals surface area contributed by atoms with E-state index in [2.05, 4.69) is 87.6 Å². The molecular formula is C62H108O6. The summed E-state index contributed by atoms with van der Waals surface area (Å²) in [6.45, 7) is 6.49. The quantitative estimate of drug-likeness (QED) is 0.0262. The van der Waals surface area contributed by atoms with Crippen molar-refractivity contribution in [3.05, 3.63) is 72.9 Å². The molecule has 0 aliphatic carbocycles. The van der Waals surface area contributed by atoms with E-state index in [0.29, 0.717) is 19.3 Å². The van der Waals surface area contributed by atoms with Crippen LogP contribution >= 0.6 is 0 Å². The molecule has 0 amide bonds. The molecule has 68 heavy (non-hydrogen) atoms. The Kier molecular flexibility index (Phi) is 53.8. The molecular weight excluding hydrogens is 841 g/mol. The lowest BCUT2D eigenvalue weighted by Crippen LogP contribution is -2.30. The highest BCUT2D eigenvalue weighted by atomic mass is 16.6. The molecule has 0 radical (unpaired) electrons. The first-order valence-electron chi connectivity index (χ1n) is 28.9. The van der Waals surface area contributed by atoms with Gasteiger partial charge >= 0.3 is 17.9 Å². The van der Waals surface area contributed by atoms with Crippen molar-refractivity contribution in [2.24, 2.45) is 0 Å². The minimum absolute atomic E-state index is 0.0948. The Morgan fingerprint density at radius 2 is 0.574 bits per heavy atom. The second-order valence-electron chi connectivity index (χ2n) is 19.2. The normalized spacial score (nSPS) is 12.6. The van der Waals surface area contributed by atoms with Crippen LogP contribution in [0.3, 0.4) is 0 Å². The van der Waals surface area contributed by atoms with E-state index in [4.69, 9.17) is 14.2 Å². The molecule has 0 N–H and O–H groups in total. The van der Waals surface area contributed by atoms with Crippen LogP contribution < -0.4 is 0 Å². The molecule has 0 rings (SSSR count). The number of rotatable bonds is 52. The van der Waals surface area contributed by atoms with Crippen molar-refractivity contribution >= 4 is 17.9 Å². The molecule has 0 aromatic heterocycles. The van der Waals surface area contributed by atoms with Crippen LogP contribution in [-0.2, 0) is 28.6 Å². The second kappa shape index (κ2) is 56.4. The third kappa shape index (κ3) is 53.8. The summed E-state index contributed by atoms with van der Waals surface area (Å²) in [4.78, 5) is 38.1. The Morgan fingerprint density at radius 3 is 0.897 bits per heavy atom. The summed E-state index contributed by atoms with van der Waals surface area (Å²) in [5.41, 5.74) is 0. The lowest BCUT2D eigenvalue weighted by atomic mass is 10.0. The molecule has 0 aliphatic heterocycles. The lowest BCUT2D eigenvalue weighted by molar-refractivity contribution is -0.166. The van der Waals surface area contributed by atoms with E-state index < -0.39 is 6.10 Å². The van der Waals surface area contributed by atoms with Crippen LogP contribution in [0.1, 0.15) is 284 Å². The van der Waals surface area contributed by atoms with E-state index >= 15 is 0 Å². The van der Waals surface area contributed by atoms with Crippen LogP contribution in [0.2, 0.25) is 0 Å². The van der Waals surface area contributed by atoms with Gasteiger partial charge in [-0.3, -0.25) is 14.4 Å². The number of esters is 3. The van der Waals surface area contributed by atoms with Crippen molar-refractivity contribution in [2.75, 3.05) is 13.2 Å². The predicted molar refractivity (Wildman–Crippen MR) is 293 cm³/mol. The number of allylic oxidation sites excluding steroid dienone is 12. The zero-order valence-electron chi connectivity index (χ0n) is 44.9. The Labute approximate surface area is 421 Å². The van der Waals surface area contributed by atoms with Gasteiger partial charge in [-0.1, -0.05) is 280 Å². The van der Waals surface area contributed by atoms with Crippen molar-refractivity contribution in [1.29, 1.82) is 0 Å². The monoisotopic (exact) mass is 949 g/mol. The van der Waals surface area contributed by atoms with Crippen molar-refractivity contribution in [3.8, 4) is 0 Å². The van der Waals surface area contributed by atoms with E-state index in [1.165, 1.54) is 161 Å². The van der Waals surface area contributed by atoms with Crippen LogP contribution in [0.5, 0.6) is 0 Å². The van der Waals surface area contributed by atoms with E-state index in [1.54, 1.807) is 0 Å². The summed E-state index contributed by atoms with van der Waals surface area (Å²) in [5.74, 6) is -0.971. The van der Waals surface area contributed by atoms with Crippen LogP contribution in [0.25, 0.3) is 0 Å². The maximum absolute atomic E-state index is 12.9. The van der Waals surface area contributed by atoms with Crippen molar-refractivity contribution in [1.82, 2.24) is 0 Å². The highest BCUT2D eigenvalue weighted by molar-refractivity contribution is 5.71. The summed E-state index contributed by atoms with van der Waals surface area (Å²) in [7, 11) is 0. The molecule has 0 saturated carbocycles. The lowest BCUT2D eigenvalue weighted by Gasteiger charge is -2.18. The van der Waals surface area contributed by atoms with Crippen molar-refractivity contribution < 1.29 is 28.6 Å². The fourth-order valence-corrected chi connectivity index (χ4v) is 8.18. The Hall–Kier alpha value is -3.15. The molecule has 1 atom stereocenters. The van der Waals surface area contributed by atoms with Gasteiger partial charge in [-0.25, -0.2) is 0 Å². The topological polar surface area (TPSA) is 78.9 Å². The third-order valence-electron chi connectivity index (χ3n) is 12.5.